The molecule has 5 rings (SSSR count). The minimum atomic E-state index is -0.706. The summed E-state index contributed by atoms with van der Waals surface area (Å²) in [6.07, 6.45) is 0. The fourth-order valence-corrected chi connectivity index (χ4v) is 4.60. The van der Waals surface area contributed by atoms with Crippen molar-refractivity contribution in [3.63, 3.8) is 0 Å². The predicted molar refractivity (Wildman–Crippen MR) is 128 cm³/mol. The molecule has 0 unspecified atom stereocenters. The molecule has 0 atom stereocenters. The number of fused-ring (bicyclic) bond motifs is 2. The van der Waals surface area contributed by atoms with E-state index in [-0.39, 0.29) is 5.91 Å². The number of aromatic nitrogens is 3. The van der Waals surface area contributed by atoms with Gasteiger partial charge in [0.1, 0.15) is 5.01 Å². The number of aryl methyl sites for hydroxylation is 1. The molecule has 1 amide bonds. The molecule has 7 nitrogen and oxygen atoms in total. The number of hydrogen-bond acceptors (Lipinski definition) is 5. The molecular formula is C24H18N4O3S. The Balaban J connectivity index is 1.40. The van der Waals surface area contributed by atoms with Crippen LogP contribution in [0.2, 0.25) is 0 Å². The van der Waals surface area contributed by atoms with Gasteiger partial charge >= 0.3 is 11.1 Å². The van der Waals surface area contributed by atoms with E-state index in [1.165, 1.54) is 4.57 Å². The molecule has 0 saturated carbocycles. The number of nitrogens with one attached hydrogen (secondary N) is 2. The highest BCUT2D eigenvalue weighted by atomic mass is 32.1. The zero-order chi connectivity index (χ0) is 22.2. The van der Waals surface area contributed by atoms with Gasteiger partial charge in [0.05, 0.1) is 21.3 Å². The summed E-state index contributed by atoms with van der Waals surface area (Å²) in [4.78, 5) is 43.9. The Morgan fingerprint density at radius 2 is 1.84 bits per heavy atom. The van der Waals surface area contributed by atoms with E-state index in [4.69, 9.17) is 0 Å². The first-order valence-electron chi connectivity index (χ1n) is 10.1. The third-order valence-corrected chi connectivity index (χ3v) is 6.32. The zero-order valence-corrected chi connectivity index (χ0v) is 17.9. The molecule has 5 aromatic rings. The Morgan fingerprint density at radius 3 is 2.59 bits per heavy atom. The lowest BCUT2D eigenvalue weighted by atomic mass is 10.1. The third-order valence-electron chi connectivity index (χ3n) is 5.24. The molecule has 0 aliphatic carbocycles. The van der Waals surface area contributed by atoms with Crippen LogP contribution in [-0.2, 0) is 6.54 Å². The van der Waals surface area contributed by atoms with Crippen molar-refractivity contribution >= 4 is 44.2 Å². The predicted octanol–water partition coefficient (Wildman–Crippen LogP) is 4.24. The zero-order valence-electron chi connectivity index (χ0n) is 17.1. The molecule has 8 heteroatoms. The topological polar surface area (TPSA) is 96.9 Å². The van der Waals surface area contributed by atoms with E-state index < -0.39 is 11.1 Å². The molecule has 3 aromatic carbocycles. The second-order valence-electron chi connectivity index (χ2n) is 7.25. The van der Waals surface area contributed by atoms with Crippen LogP contribution in [0.3, 0.4) is 0 Å². The van der Waals surface area contributed by atoms with E-state index in [0.717, 1.165) is 20.8 Å². The van der Waals surface area contributed by atoms with Crippen molar-refractivity contribution in [1.82, 2.24) is 14.5 Å². The lowest BCUT2D eigenvalue weighted by Crippen LogP contribution is -2.36. The minimum Gasteiger partial charge on any atom is -0.322 e. The van der Waals surface area contributed by atoms with Crippen LogP contribution in [-0.4, -0.2) is 20.4 Å². The Labute approximate surface area is 186 Å². The number of H-pyrrole nitrogens is 1. The first-order chi connectivity index (χ1) is 15.5. The van der Waals surface area contributed by atoms with Gasteiger partial charge in [-0.15, -0.1) is 11.3 Å². The molecule has 0 aliphatic rings. The maximum absolute atomic E-state index is 12.8. The standard InChI is InChI=1S/C24H18N4O3S/c1-2-28-19-12-9-15(13-18(19)26-22(30)24(28)31)21(29)25-16-10-7-14(8-11-16)23-27-17-5-3-4-6-20(17)32-23/h3-13H,2H2,1H3,(H,25,29)(H,26,30). The number of aromatic amines is 1. The summed E-state index contributed by atoms with van der Waals surface area (Å²) in [6.45, 7) is 2.16. The van der Waals surface area contributed by atoms with Crippen molar-refractivity contribution in [3.05, 3.63) is 93.0 Å². The van der Waals surface area contributed by atoms with Crippen molar-refractivity contribution < 1.29 is 4.79 Å². The summed E-state index contributed by atoms with van der Waals surface area (Å²) in [5.74, 6) is -0.310. The number of nitrogens with zero attached hydrogens (tertiary/aromatic N) is 2. The highest BCUT2D eigenvalue weighted by Crippen LogP contribution is 2.30. The van der Waals surface area contributed by atoms with Crippen molar-refractivity contribution in [2.45, 2.75) is 13.5 Å². The number of rotatable bonds is 4. The van der Waals surface area contributed by atoms with Gasteiger partial charge in [-0.05, 0) is 61.5 Å². The molecule has 0 bridgehead atoms. The Kier molecular flexibility index (Phi) is 4.91. The summed E-state index contributed by atoms with van der Waals surface area (Å²) in [5.41, 5.74) is 2.67. The van der Waals surface area contributed by atoms with Crippen LogP contribution in [0.5, 0.6) is 0 Å². The molecule has 0 saturated heterocycles. The van der Waals surface area contributed by atoms with E-state index in [9.17, 15) is 14.4 Å². The largest absolute Gasteiger partial charge is 0.322 e. The quantitative estimate of drug-likeness (QED) is 0.407. The monoisotopic (exact) mass is 442 g/mol. The Morgan fingerprint density at radius 1 is 1.06 bits per heavy atom. The van der Waals surface area contributed by atoms with Gasteiger partial charge in [0, 0.05) is 23.4 Å². The number of amides is 1. The second-order valence-corrected chi connectivity index (χ2v) is 8.28. The first-order valence-corrected chi connectivity index (χ1v) is 10.9. The molecule has 0 spiro atoms. The van der Waals surface area contributed by atoms with Gasteiger partial charge in [0.25, 0.3) is 5.91 Å². The van der Waals surface area contributed by atoms with Crippen molar-refractivity contribution in [1.29, 1.82) is 0 Å². The van der Waals surface area contributed by atoms with Gasteiger partial charge in [-0.1, -0.05) is 12.1 Å². The normalized spacial score (nSPS) is 11.2. The van der Waals surface area contributed by atoms with E-state index in [1.54, 1.807) is 36.5 Å². The van der Waals surface area contributed by atoms with E-state index >= 15 is 0 Å². The molecule has 2 aromatic heterocycles. The number of carbonyl (C=O) groups excluding carboxylic acids is 1. The number of hydrogen-bond donors (Lipinski definition) is 2. The van der Waals surface area contributed by atoms with Crippen molar-refractivity contribution in [3.8, 4) is 10.6 Å². The molecule has 0 aliphatic heterocycles. The van der Waals surface area contributed by atoms with Crippen LogP contribution in [0.15, 0.2) is 76.3 Å². The lowest BCUT2D eigenvalue weighted by Gasteiger charge is -2.09. The smallest absolute Gasteiger partial charge is 0.316 e. The van der Waals surface area contributed by atoms with Crippen molar-refractivity contribution in [2.24, 2.45) is 0 Å². The number of anilines is 1. The van der Waals surface area contributed by atoms with Crippen LogP contribution >= 0.6 is 11.3 Å². The highest BCUT2D eigenvalue weighted by molar-refractivity contribution is 7.21. The molecule has 2 N–H and O–H groups in total. The van der Waals surface area contributed by atoms with Gasteiger partial charge in [0.15, 0.2) is 0 Å². The minimum absolute atomic E-state index is 0.310. The Hall–Kier alpha value is -4.04. The summed E-state index contributed by atoms with van der Waals surface area (Å²) in [6, 6.07) is 20.4. The molecule has 0 fully saturated rings. The summed E-state index contributed by atoms with van der Waals surface area (Å²) in [7, 11) is 0. The summed E-state index contributed by atoms with van der Waals surface area (Å²) < 4.78 is 2.51. The van der Waals surface area contributed by atoms with Crippen LogP contribution in [0.4, 0.5) is 5.69 Å². The van der Waals surface area contributed by atoms with Crippen LogP contribution in [0.25, 0.3) is 31.8 Å². The second kappa shape index (κ2) is 7.90. The van der Waals surface area contributed by atoms with Gasteiger partial charge in [-0.3, -0.25) is 14.4 Å². The van der Waals surface area contributed by atoms with Crippen LogP contribution in [0, 0.1) is 0 Å². The van der Waals surface area contributed by atoms with Gasteiger partial charge in [0.2, 0.25) is 0 Å². The summed E-state index contributed by atoms with van der Waals surface area (Å²) >= 11 is 1.62. The number of thiazole rings is 1. The fraction of sp³-hybridized carbons (Fsp3) is 0.0833. The molecule has 2 heterocycles. The Bertz CT molecular complexity index is 1560. The van der Waals surface area contributed by atoms with Crippen LogP contribution < -0.4 is 16.4 Å². The average molecular weight is 443 g/mol. The maximum Gasteiger partial charge on any atom is 0.316 e. The summed E-state index contributed by atoms with van der Waals surface area (Å²) in [5, 5.41) is 3.79. The van der Waals surface area contributed by atoms with Crippen LogP contribution in [0.1, 0.15) is 17.3 Å². The number of benzene rings is 3. The third kappa shape index (κ3) is 3.50. The highest BCUT2D eigenvalue weighted by Gasteiger charge is 2.12. The molecule has 32 heavy (non-hydrogen) atoms. The molecular weight excluding hydrogens is 424 g/mol. The average Bonchev–Trinajstić information content (AvgIpc) is 3.24. The van der Waals surface area contributed by atoms with Gasteiger partial charge in [-0.2, -0.15) is 0 Å². The molecule has 0 radical (unpaired) electrons. The first kappa shape index (κ1) is 19.9. The van der Waals surface area contributed by atoms with Gasteiger partial charge in [-0.25, -0.2) is 4.98 Å². The number of carbonyl (C=O) groups is 1. The van der Waals surface area contributed by atoms with E-state index in [1.807, 2.05) is 48.5 Å². The van der Waals surface area contributed by atoms with E-state index in [2.05, 4.69) is 15.3 Å². The molecule has 158 valence electrons. The van der Waals surface area contributed by atoms with E-state index in [0.29, 0.717) is 28.8 Å². The van der Waals surface area contributed by atoms with Gasteiger partial charge < -0.3 is 14.9 Å². The van der Waals surface area contributed by atoms with Crippen molar-refractivity contribution in [2.75, 3.05) is 5.32 Å². The fourth-order valence-electron chi connectivity index (χ4n) is 3.63. The lowest BCUT2D eigenvalue weighted by molar-refractivity contribution is 0.102. The maximum atomic E-state index is 12.8. The number of para-hydroxylation sites is 1. The SMILES string of the molecule is CCn1c(=O)c(=O)[nH]c2cc(C(=O)Nc3ccc(-c4nc5ccccc5s4)cc3)ccc21.